The number of rotatable bonds is 5. The molecule has 0 bridgehead atoms. The molecule has 0 aliphatic rings. The van der Waals surface area contributed by atoms with Gasteiger partial charge < -0.3 is 25.6 Å². The van der Waals surface area contributed by atoms with Gasteiger partial charge in [0.25, 0.3) is 0 Å². The monoisotopic (exact) mass is 327 g/mol. The molecule has 0 atom stereocenters. The summed E-state index contributed by atoms with van der Waals surface area (Å²) in [5.41, 5.74) is -2.87. The van der Waals surface area contributed by atoms with Gasteiger partial charge in [-0.15, -0.1) is 0 Å². The van der Waals surface area contributed by atoms with E-state index in [1.54, 1.807) is 6.07 Å². The van der Waals surface area contributed by atoms with Crippen molar-refractivity contribution in [3.05, 3.63) is 56.7 Å². The molecule has 22 heavy (non-hydrogen) atoms. The number of nitrogens with zero attached hydrogens (tertiary/aromatic N) is 4. The minimum Gasteiger partial charge on any atom is -0.739 e. The molecule has 0 aromatic heterocycles. The quantitative estimate of drug-likeness (QED) is 0.110. The van der Waals surface area contributed by atoms with Gasteiger partial charge in [0.15, 0.2) is 0 Å². The van der Waals surface area contributed by atoms with E-state index in [1.807, 2.05) is 0 Å². The van der Waals surface area contributed by atoms with E-state index < -0.39 is 21.3 Å². The summed E-state index contributed by atoms with van der Waals surface area (Å²) in [5.74, 6) is -0.935. The molecule has 0 heterocycles. The number of hydroxylamine groups is 2. The summed E-state index contributed by atoms with van der Waals surface area (Å²) in [6, 6.07) is 6.99. The summed E-state index contributed by atoms with van der Waals surface area (Å²) in [6.45, 7) is 1.43. The normalized spacial score (nSPS) is 11.9. The molecule has 12 heteroatoms. The number of hydrogen-bond donors (Lipinski definition) is 1. The van der Waals surface area contributed by atoms with Crippen molar-refractivity contribution >= 4 is 5.90 Å². The molecule has 0 spiro atoms. The molecule has 0 saturated carbocycles. The Labute approximate surface area is 170 Å². The summed E-state index contributed by atoms with van der Waals surface area (Å²) in [4.78, 5) is -1.26. The van der Waals surface area contributed by atoms with E-state index in [2.05, 4.69) is 10.6 Å². The van der Waals surface area contributed by atoms with Crippen molar-refractivity contribution in [3.63, 3.8) is 0 Å². The molecule has 10 nitrogen and oxygen atoms in total. The summed E-state index contributed by atoms with van der Waals surface area (Å²) in [6.07, 6.45) is 0. The van der Waals surface area contributed by atoms with Gasteiger partial charge in [0.05, 0.1) is 6.61 Å². The van der Waals surface area contributed by atoms with Gasteiger partial charge in [-0.1, -0.05) is 18.2 Å². The summed E-state index contributed by atoms with van der Waals surface area (Å²) in [7, 11) is 0. The standard InChI is InChI=1S/C10H13N5O5.2Na/c1-2-20-9(11)10(14(18)12-16,15(19)13-17)8-6-4-3-5-7-8;;/h3-7,11,16-17H,2H2,1H3;;/q;2*+1/p-2/b11-9?,14-12-,15-13-;;. The number of nitrogens with one attached hydrogen (secondary N) is 1. The fourth-order valence-corrected chi connectivity index (χ4v) is 1.63. The Bertz CT molecular complexity index is 522. The Balaban J connectivity index is 0. The molecule has 0 unspecified atom stereocenters. The summed E-state index contributed by atoms with van der Waals surface area (Å²) < 4.78 is 4.81. The van der Waals surface area contributed by atoms with Crippen LogP contribution in [0.4, 0.5) is 0 Å². The van der Waals surface area contributed by atoms with E-state index in [-0.39, 0.29) is 71.3 Å². The van der Waals surface area contributed by atoms with Crippen LogP contribution in [0, 0.1) is 26.2 Å². The summed E-state index contributed by atoms with van der Waals surface area (Å²) >= 11 is 0. The molecular formula is C10H11N5Na2O5. The average Bonchev–Trinajstić information content (AvgIpc) is 2.48. The maximum Gasteiger partial charge on any atom is 1.00 e. The van der Waals surface area contributed by atoms with Gasteiger partial charge in [-0.05, 0) is 39.3 Å². The van der Waals surface area contributed by atoms with Crippen LogP contribution in [0.15, 0.2) is 40.9 Å². The molecule has 0 aliphatic heterocycles. The molecule has 1 aromatic rings. The Morgan fingerprint density at radius 3 is 1.95 bits per heavy atom. The van der Waals surface area contributed by atoms with Crippen molar-refractivity contribution in [1.82, 2.24) is 0 Å². The molecule has 0 fully saturated rings. The first kappa shape index (κ1) is 23.4. The zero-order valence-electron chi connectivity index (χ0n) is 12.4. The van der Waals surface area contributed by atoms with Crippen LogP contribution < -0.4 is 59.1 Å². The van der Waals surface area contributed by atoms with Gasteiger partial charge in [-0.2, -0.15) is 0 Å². The Hall–Kier alpha value is -0.910. The second-order valence-electron chi connectivity index (χ2n) is 3.51. The van der Waals surface area contributed by atoms with Crippen molar-refractivity contribution in [2.75, 3.05) is 6.61 Å². The van der Waals surface area contributed by atoms with E-state index in [9.17, 15) is 20.8 Å². The van der Waals surface area contributed by atoms with Gasteiger partial charge in [0.2, 0.25) is 0 Å². The molecule has 108 valence electrons. The minimum atomic E-state index is -2.72. The second-order valence-corrected chi connectivity index (χ2v) is 3.51. The average molecular weight is 327 g/mol. The third kappa shape index (κ3) is 4.31. The van der Waals surface area contributed by atoms with E-state index >= 15 is 0 Å². The van der Waals surface area contributed by atoms with Gasteiger partial charge in [-0.3, -0.25) is 5.41 Å². The van der Waals surface area contributed by atoms with E-state index in [1.165, 1.54) is 31.2 Å². The maximum absolute atomic E-state index is 11.7. The first-order chi connectivity index (χ1) is 9.55. The summed E-state index contributed by atoms with van der Waals surface area (Å²) in [5, 5.41) is 56.4. The van der Waals surface area contributed by atoms with Crippen LogP contribution in [0.25, 0.3) is 0 Å². The predicted molar refractivity (Wildman–Crippen MR) is 66.3 cm³/mol. The van der Waals surface area contributed by atoms with Crippen molar-refractivity contribution in [3.8, 4) is 0 Å². The Kier molecular flexibility index (Phi) is 11.4. The zero-order valence-corrected chi connectivity index (χ0v) is 16.4. The van der Waals surface area contributed by atoms with Crippen molar-refractivity contribution in [1.29, 1.82) is 5.41 Å². The van der Waals surface area contributed by atoms with Gasteiger partial charge >= 0.3 is 70.7 Å². The van der Waals surface area contributed by atoms with Crippen LogP contribution in [-0.4, -0.2) is 22.2 Å². The molecule has 1 aromatic carbocycles. The van der Waals surface area contributed by atoms with Crippen molar-refractivity contribution < 1.29 is 73.6 Å². The topological polar surface area (TPSA) is 156 Å². The van der Waals surface area contributed by atoms with E-state index in [4.69, 9.17) is 10.1 Å². The third-order valence-corrected chi connectivity index (χ3v) is 2.48. The number of ether oxygens (including phenoxy) is 1. The van der Waals surface area contributed by atoms with E-state index in [0.717, 1.165) is 0 Å². The van der Waals surface area contributed by atoms with Gasteiger partial charge in [-0.25, -0.2) is 0 Å². The molecule has 0 aliphatic carbocycles. The van der Waals surface area contributed by atoms with Crippen LogP contribution in [0.3, 0.4) is 0 Å². The maximum atomic E-state index is 11.7. The molecule has 0 amide bonds. The van der Waals surface area contributed by atoms with Crippen LogP contribution >= 0.6 is 0 Å². The van der Waals surface area contributed by atoms with Crippen LogP contribution in [-0.2, 0) is 10.4 Å². The van der Waals surface area contributed by atoms with Crippen LogP contribution in [0.1, 0.15) is 12.5 Å². The first-order valence-corrected chi connectivity index (χ1v) is 5.44. The Morgan fingerprint density at radius 1 is 1.14 bits per heavy atom. The predicted octanol–water partition coefficient (Wildman–Crippen LogP) is -4.22. The van der Waals surface area contributed by atoms with Crippen LogP contribution in [0.2, 0.25) is 0 Å². The second kappa shape index (κ2) is 10.8. The number of hydrogen-bond acceptors (Lipinski definition) is 8. The SMILES string of the molecule is CCOC(=N)C(c1ccccc1)(/[N+]([O-])=N/[O-])/[N+]([O-])=N/[O-].[Na+].[Na+]. The molecule has 1 rings (SSSR count). The first-order valence-electron chi connectivity index (χ1n) is 5.44. The third-order valence-electron chi connectivity index (χ3n) is 2.48. The van der Waals surface area contributed by atoms with Crippen molar-refractivity contribution in [2.45, 2.75) is 12.6 Å². The minimum absolute atomic E-state index is 0. The zero-order chi connectivity index (χ0) is 15.2. The van der Waals surface area contributed by atoms with Gasteiger partial charge in [0.1, 0.15) is 5.56 Å². The smallest absolute Gasteiger partial charge is 0.739 e. The van der Waals surface area contributed by atoms with E-state index in [0.29, 0.717) is 0 Å². The number of benzene rings is 1. The van der Waals surface area contributed by atoms with Gasteiger partial charge in [0, 0.05) is 0 Å². The fraction of sp³-hybridized carbons (Fsp3) is 0.300. The molecule has 0 saturated heterocycles. The molecular weight excluding hydrogens is 316 g/mol. The molecule has 1 N–H and O–H groups in total. The molecule has 0 radical (unpaired) electrons. The fourth-order valence-electron chi connectivity index (χ4n) is 1.63. The van der Waals surface area contributed by atoms with Crippen molar-refractivity contribution in [2.24, 2.45) is 10.6 Å². The Morgan fingerprint density at radius 2 is 1.59 bits per heavy atom. The largest absolute Gasteiger partial charge is 1.00 e. The van der Waals surface area contributed by atoms with Crippen LogP contribution in [0.5, 0.6) is 0 Å².